The van der Waals surface area contributed by atoms with Crippen molar-refractivity contribution in [2.75, 3.05) is 11.0 Å². The number of H-pyrrole nitrogens is 1. The molecule has 0 aliphatic carbocycles. The van der Waals surface area contributed by atoms with E-state index in [1.807, 2.05) is 0 Å². The van der Waals surface area contributed by atoms with Crippen LogP contribution >= 0.6 is 0 Å². The molecule has 1 heterocycles. The third kappa shape index (κ3) is 4.07. The highest BCUT2D eigenvalue weighted by Crippen LogP contribution is 2.28. The third-order valence-electron chi connectivity index (χ3n) is 3.91. The van der Waals surface area contributed by atoms with Gasteiger partial charge < -0.3 is 15.2 Å². The molecule has 0 amide bonds. The summed E-state index contributed by atoms with van der Waals surface area (Å²) in [5.74, 6) is -2.22. The topological polar surface area (TPSA) is 132 Å². The Morgan fingerprint density at radius 1 is 1.26 bits per heavy atom. The molecule has 3 rings (SSSR count). The van der Waals surface area contributed by atoms with E-state index in [2.05, 4.69) is 14.7 Å². The Labute approximate surface area is 153 Å². The number of sulfonamides is 1. The summed E-state index contributed by atoms with van der Waals surface area (Å²) in [6, 6.07) is 9.49. The number of fused-ring (bicyclic) bond motifs is 1. The number of carboxylic acids is 1. The van der Waals surface area contributed by atoms with Crippen molar-refractivity contribution in [3.8, 4) is 0 Å². The minimum atomic E-state index is -3.49. The molecule has 8 nitrogen and oxygen atoms in total. The van der Waals surface area contributed by atoms with Crippen LogP contribution in [-0.2, 0) is 26.8 Å². The van der Waals surface area contributed by atoms with Gasteiger partial charge in [-0.1, -0.05) is 12.1 Å². The molecular weight excluding hydrogens is 377 g/mol. The van der Waals surface area contributed by atoms with E-state index in [1.165, 1.54) is 42.5 Å². The lowest BCUT2D eigenvalue weighted by atomic mass is 9.94. The Morgan fingerprint density at radius 2 is 1.93 bits per heavy atom. The molecule has 27 heavy (non-hydrogen) atoms. The Balaban J connectivity index is 2.00. The lowest BCUT2D eigenvalue weighted by Gasteiger charge is -2.21. The van der Waals surface area contributed by atoms with E-state index in [-0.39, 0.29) is 23.4 Å². The Kier molecular flexibility index (Phi) is 4.62. The maximum atomic E-state index is 13.0. The van der Waals surface area contributed by atoms with Gasteiger partial charge >= 0.3 is 5.97 Å². The Hall–Kier alpha value is -2.98. The van der Waals surface area contributed by atoms with E-state index in [4.69, 9.17) is 0 Å². The second kappa shape index (κ2) is 6.63. The van der Waals surface area contributed by atoms with Crippen molar-refractivity contribution in [2.45, 2.75) is 12.0 Å². The number of aliphatic hydroxyl groups is 1. The second-order valence-corrected chi connectivity index (χ2v) is 7.91. The molecule has 0 aliphatic rings. The van der Waals surface area contributed by atoms with Crippen molar-refractivity contribution < 1.29 is 27.8 Å². The van der Waals surface area contributed by atoms with Crippen molar-refractivity contribution in [3.05, 3.63) is 59.7 Å². The number of hydrogen-bond acceptors (Lipinski definition) is 5. The normalized spacial score (nSPS) is 14.0. The number of carboxylic acid groups (broad SMARTS) is 1. The van der Waals surface area contributed by atoms with Crippen LogP contribution in [0.4, 0.5) is 10.1 Å². The number of aromatic amines is 1. The fourth-order valence-corrected chi connectivity index (χ4v) is 3.19. The number of carbonyl (C=O) groups is 1. The third-order valence-corrected chi connectivity index (χ3v) is 4.51. The van der Waals surface area contributed by atoms with E-state index in [0.717, 1.165) is 6.26 Å². The Morgan fingerprint density at radius 3 is 2.52 bits per heavy atom. The van der Waals surface area contributed by atoms with Gasteiger partial charge in [0.05, 0.1) is 23.0 Å². The largest absolute Gasteiger partial charge is 0.479 e. The predicted octanol–water partition coefficient (Wildman–Crippen LogP) is 1.59. The number of nitrogens with zero attached hydrogens (tertiary/aromatic N) is 1. The van der Waals surface area contributed by atoms with Crippen molar-refractivity contribution in [2.24, 2.45) is 0 Å². The fraction of sp³-hybridized carbons (Fsp3) is 0.176. The van der Waals surface area contributed by atoms with Crippen molar-refractivity contribution in [1.29, 1.82) is 0 Å². The van der Waals surface area contributed by atoms with Gasteiger partial charge in [-0.2, -0.15) is 0 Å². The molecule has 0 saturated heterocycles. The average molecular weight is 393 g/mol. The summed E-state index contributed by atoms with van der Waals surface area (Å²) in [5, 5.41) is 20.3. The van der Waals surface area contributed by atoms with Gasteiger partial charge in [-0.15, -0.1) is 0 Å². The van der Waals surface area contributed by atoms with Crippen LogP contribution in [0, 0.1) is 5.82 Å². The maximum Gasteiger partial charge on any atom is 0.344 e. The number of halogens is 1. The van der Waals surface area contributed by atoms with E-state index in [1.54, 1.807) is 0 Å². The maximum absolute atomic E-state index is 13.0. The first-order chi connectivity index (χ1) is 12.6. The molecule has 1 unspecified atom stereocenters. The van der Waals surface area contributed by atoms with Crippen molar-refractivity contribution in [1.82, 2.24) is 9.97 Å². The molecule has 1 atom stereocenters. The highest BCUT2D eigenvalue weighted by molar-refractivity contribution is 7.92. The molecule has 0 radical (unpaired) electrons. The predicted molar refractivity (Wildman–Crippen MR) is 96.2 cm³/mol. The lowest BCUT2D eigenvalue weighted by molar-refractivity contribution is -0.160. The van der Waals surface area contributed by atoms with Crippen LogP contribution in [0.1, 0.15) is 11.4 Å². The molecule has 142 valence electrons. The Bertz CT molecular complexity index is 1110. The average Bonchev–Trinajstić information content (AvgIpc) is 2.99. The van der Waals surface area contributed by atoms with Gasteiger partial charge in [0.2, 0.25) is 15.6 Å². The number of hydrogen-bond donors (Lipinski definition) is 4. The highest BCUT2D eigenvalue weighted by Gasteiger charge is 2.41. The fourth-order valence-electron chi connectivity index (χ4n) is 2.64. The molecule has 0 bridgehead atoms. The summed E-state index contributed by atoms with van der Waals surface area (Å²) in [7, 11) is -3.49. The van der Waals surface area contributed by atoms with Crippen molar-refractivity contribution >= 4 is 32.7 Å². The summed E-state index contributed by atoms with van der Waals surface area (Å²) >= 11 is 0. The summed E-state index contributed by atoms with van der Waals surface area (Å²) in [5.41, 5.74) is -1.02. The van der Waals surface area contributed by atoms with Gasteiger partial charge in [0, 0.05) is 6.42 Å². The van der Waals surface area contributed by atoms with Crippen LogP contribution in [-0.4, -0.2) is 40.8 Å². The molecule has 0 fully saturated rings. The summed E-state index contributed by atoms with van der Waals surface area (Å²) in [6.45, 7) is 0. The number of nitrogens with one attached hydrogen (secondary N) is 2. The number of anilines is 1. The monoisotopic (exact) mass is 393 g/mol. The minimum absolute atomic E-state index is 0.217. The van der Waals surface area contributed by atoms with Crippen LogP contribution < -0.4 is 4.72 Å². The highest BCUT2D eigenvalue weighted by atomic mass is 32.2. The van der Waals surface area contributed by atoms with Crippen LogP contribution in [0.5, 0.6) is 0 Å². The number of rotatable bonds is 6. The SMILES string of the molecule is CS(=O)(=O)Nc1ccc2[nH]c(C(O)(Cc3ccc(F)cc3)C(=O)O)nc2c1. The number of aliphatic carboxylic acids is 1. The molecular formula is C17H16FN3O5S. The molecule has 0 spiro atoms. The van der Waals surface area contributed by atoms with Crippen LogP contribution in [0.25, 0.3) is 11.0 Å². The molecule has 0 aliphatic heterocycles. The van der Waals surface area contributed by atoms with Gasteiger partial charge in [-0.05, 0) is 35.9 Å². The molecule has 3 aromatic rings. The number of benzene rings is 2. The first-order valence-corrected chi connectivity index (χ1v) is 9.64. The number of aromatic nitrogens is 2. The van der Waals surface area contributed by atoms with Gasteiger partial charge in [-0.3, -0.25) is 4.72 Å². The number of imidazole rings is 1. The van der Waals surface area contributed by atoms with Crippen LogP contribution in [0.2, 0.25) is 0 Å². The van der Waals surface area contributed by atoms with E-state index >= 15 is 0 Å². The first kappa shape index (κ1) is 18.8. The van der Waals surface area contributed by atoms with Crippen LogP contribution in [0.3, 0.4) is 0 Å². The minimum Gasteiger partial charge on any atom is -0.479 e. The van der Waals surface area contributed by atoms with Gasteiger partial charge in [0.15, 0.2) is 5.82 Å². The zero-order valence-electron chi connectivity index (χ0n) is 14.1. The lowest BCUT2D eigenvalue weighted by Crippen LogP contribution is -2.39. The summed E-state index contributed by atoms with van der Waals surface area (Å²) in [6.07, 6.45) is 0.663. The quantitative estimate of drug-likeness (QED) is 0.503. The smallest absolute Gasteiger partial charge is 0.344 e. The zero-order chi connectivity index (χ0) is 19.8. The molecule has 1 aromatic heterocycles. The van der Waals surface area contributed by atoms with E-state index in [9.17, 15) is 27.8 Å². The molecule has 10 heteroatoms. The molecule has 0 saturated carbocycles. The van der Waals surface area contributed by atoms with Gasteiger partial charge in [-0.25, -0.2) is 22.6 Å². The first-order valence-electron chi connectivity index (χ1n) is 7.75. The molecule has 4 N–H and O–H groups in total. The van der Waals surface area contributed by atoms with E-state index in [0.29, 0.717) is 11.1 Å². The van der Waals surface area contributed by atoms with Crippen LogP contribution in [0.15, 0.2) is 42.5 Å². The van der Waals surface area contributed by atoms with Gasteiger partial charge in [0.25, 0.3) is 0 Å². The van der Waals surface area contributed by atoms with Gasteiger partial charge in [0.1, 0.15) is 5.82 Å². The molecule has 2 aromatic carbocycles. The zero-order valence-corrected chi connectivity index (χ0v) is 14.9. The van der Waals surface area contributed by atoms with Crippen molar-refractivity contribution in [3.63, 3.8) is 0 Å². The summed E-state index contributed by atoms with van der Waals surface area (Å²) in [4.78, 5) is 18.6. The van der Waals surface area contributed by atoms with E-state index < -0.39 is 27.4 Å². The summed E-state index contributed by atoms with van der Waals surface area (Å²) < 4.78 is 38.0. The second-order valence-electron chi connectivity index (χ2n) is 6.16. The standard InChI is InChI=1S/C17H16FN3O5S/c1-27(25,26)21-12-6-7-13-14(8-12)20-15(19-13)17(24,16(22)23)9-10-2-4-11(18)5-3-10/h2-8,21,24H,9H2,1H3,(H,19,20)(H,22,23).